The van der Waals surface area contributed by atoms with E-state index in [0.717, 1.165) is 11.1 Å². The molecule has 1 atom stereocenters. The van der Waals surface area contributed by atoms with Crippen molar-refractivity contribution in [2.45, 2.75) is 18.9 Å². The molecule has 0 radical (unpaired) electrons. The maximum Gasteiger partial charge on any atom is 0.306 e. The predicted molar refractivity (Wildman–Crippen MR) is 113 cm³/mol. The van der Waals surface area contributed by atoms with E-state index < -0.39 is 5.97 Å². The van der Waals surface area contributed by atoms with E-state index in [-0.39, 0.29) is 12.0 Å². The largest absolute Gasteiger partial charge is 0.497 e. The highest BCUT2D eigenvalue weighted by atomic mass is 16.5. The molecule has 0 aromatic heterocycles. The highest BCUT2D eigenvalue weighted by Gasteiger charge is 2.33. The molecule has 1 unspecified atom stereocenters. The number of hydrogen-bond acceptors (Lipinski definition) is 6. The Kier molecular flexibility index (Phi) is 7.05. The molecule has 0 bridgehead atoms. The van der Waals surface area contributed by atoms with Crippen LogP contribution in [0, 0.1) is 5.92 Å². The number of carboxylic acid groups (broad SMARTS) is 1. The molecule has 0 aliphatic carbocycles. The summed E-state index contributed by atoms with van der Waals surface area (Å²) >= 11 is 0. The molecule has 1 fully saturated rings. The first kappa shape index (κ1) is 21.8. The molecule has 1 heterocycles. The van der Waals surface area contributed by atoms with Gasteiger partial charge in [0.15, 0.2) is 11.5 Å². The van der Waals surface area contributed by atoms with Crippen LogP contribution in [0.3, 0.4) is 0 Å². The predicted octanol–water partition coefficient (Wildman–Crippen LogP) is 3.61. The number of rotatable bonds is 8. The minimum absolute atomic E-state index is 0.189. The Balaban J connectivity index is 2.11. The minimum atomic E-state index is -0.729. The number of nitrogens with zero attached hydrogens (tertiary/aromatic N) is 1. The first-order valence-corrected chi connectivity index (χ1v) is 9.93. The van der Waals surface area contributed by atoms with Gasteiger partial charge in [0.25, 0.3) is 0 Å². The van der Waals surface area contributed by atoms with Crippen LogP contribution in [0.5, 0.6) is 23.0 Å². The lowest BCUT2D eigenvalue weighted by molar-refractivity contribution is -0.143. The molecule has 30 heavy (non-hydrogen) atoms. The third-order valence-electron chi connectivity index (χ3n) is 5.71. The van der Waals surface area contributed by atoms with Gasteiger partial charge in [0.2, 0.25) is 0 Å². The Hall–Kier alpha value is -2.93. The van der Waals surface area contributed by atoms with Gasteiger partial charge in [0.1, 0.15) is 11.5 Å². The Morgan fingerprint density at radius 3 is 2.20 bits per heavy atom. The van der Waals surface area contributed by atoms with Gasteiger partial charge in [-0.25, -0.2) is 0 Å². The average Bonchev–Trinajstić information content (AvgIpc) is 2.79. The van der Waals surface area contributed by atoms with Crippen molar-refractivity contribution in [2.24, 2.45) is 5.92 Å². The summed E-state index contributed by atoms with van der Waals surface area (Å²) in [4.78, 5) is 13.7. The lowest BCUT2D eigenvalue weighted by atomic mass is 9.90. The standard InChI is InChI=1S/C23H29NO6/c1-27-16-8-9-17(20(14-16)29-3)21(24-12-10-15(11-13-24)23(25)26)18-6-5-7-19(28-2)22(18)30-4/h5-9,14-15,21H,10-13H2,1-4H3,(H,25,26). The van der Waals surface area contributed by atoms with Crippen LogP contribution >= 0.6 is 0 Å². The number of methoxy groups -OCH3 is 4. The normalized spacial score (nSPS) is 16.0. The summed E-state index contributed by atoms with van der Waals surface area (Å²) in [5, 5.41) is 9.40. The Morgan fingerprint density at radius 1 is 0.933 bits per heavy atom. The first-order valence-electron chi connectivity index (χ1n) is 9.93. The van der Waals surface area contributed by atoms with E-state index in [9.17, 15) is 9.90 Å². The zero-order valence-corrected chi connectivity index (χ0v) is 17.9. The molecule has 162 valence electrons. The fraction of sp³-hybridized carbons (Fsp3) is 0.435. The first-order chi connectivity index (χ1) is 14.5. The lowest BCUT2D eigenvalue weighted by Gasteiger charge is -2.38. The molecule has 7 nitrogen and oxygen atoms in total. The molecule has 1 saturated heterocycles. The van der Waals surface area contributed by atoms with Gasteiger partial charge in [-0.1, -0.05) is 12.1 Å². The second-order valence-corrected chi connectivity index (χ2v) is 7.24. The topological polar surface area (TPSA) is 77.5 Å². The van der Waals surface area contributed by atoms with Gasteiger partial charge >= 0.3 is 5.97 Å². The van der Waals surface area contributed by atoms with Crippen molar-refractivity contribution < 1.29 is 28.8 Å². The molecule has 0 saturated carbocycles. The summed E-state index contributed by atoms with van der Waals surface area (Å²) in [5.41, 5.74) is 1.90. The quantitative estimate of drug-likeness (QED) is 0.706. The number of piperidine rings is 1. The van der Waals surface area contributed by atoms with Crippen LogP contribution in [0.25, 0.3) is 0 Å². The van der Waals surface area contributed by atoms with Gasteiger partial charge in [-0.2, -0.15) is 0 Å². The number of carbonyl (C=O) groups is 1. The van der Waals surface area contributed by atoms with E-state index in [1.54, 1.807) is 28.4 Å². The molecule has 1 N–H and O–H groups in total. The summed E-state index contributed by atoms with van der Waals surface area (Å²) in [6, 6.07) is 11.4. The van der Waals surface area contributed by atoms with Crippen molar-refractivity contribution in [1.29, 1.82) is 0 Å². The lowest BCUT2D eigenvalue weighted by Crippen LogP contribution is -2.39. The van der Waals surface area contributed by atoms with E-state index >= 15 is 0 Å². The van der Waals surface area contributed by atoms with E-state index in [4.69, 9.17) is 18.9 Å². The summed E-state index contributed by atoms with van der Waals surface area (Å²) in [6.45, 7) is 1.30. The smallest absolute Gasteiger partial charge is 0.306 e. The third-order valence-corrected chi connectivity index (χ3v) is 5.71. The summed E-state index contributed by atoms with van der Waals surface area (Å²) in [7, 11) is 6.49. The van der Waals surface area contributed by atoms with E-state index in [1.165, 1.54) is 0 Å². The number of benzene rings is 2. The van der Waals surface area contributed by atoms with Gasteiger partial charge in [0, 0.05) is 17.2 Å². The van der Waals surface area contributed by atoms with Crippen molar-refractivity contribution in [3.8, 4) is 23.0 Å². The monoisotopic (exact) mass is 415 g/mol. The van der Waals surface area contributed by atoms with Gasteiger partial charge < -0.3 is 24.1 Å². The molecular weight excluding hydrogens is 386 g/mol. The average molecular weight is 415 g/mol. The van der Waals surface area contributed by atoms with Crippen LogP contribution in [0.2, 0.25) is 0 Å². The molecule has 7 heteroatoms. The fourth-order valence-corrected chi connectivity index (χ4v) is 4.14. The third kappa shape index (κ3) is 4.31. The zero-order valence-electron chi connectivity index (χ0n) is 17.9. The molecule has 2 aromatic rings. The van der Waals surface area contributed by atoms with Crippen molar-refractivity contribution in [1.82, 2.24) is 4.90 Å². The molecule has 0 spiro atoms. The van der Waals surface area contributed by atoms with E-state index in [1.807, 2.05) is 36.4 Å². The zero-order chi connectivity index (χ0) is 21.7. The van der Waals surface area contributed by atoms with Crippen molar-refractivity contribution >= 4 is 5.97 Å². The van der Waals surface area contributed by atoms with Gasteiger partial charge in [-0.05, 0) is 44.1 Å². The molecule has 3 rings (SSSR count). The van der Waals surface area contributed by atoms with E-state index in [0.29, 0.717) is 48.9 Å². The van der Waals surface area contributed by atoms with Crippen molar-refractivity contribution in [2.75, 3.05) is 41.5 Å². The van der Waals surface area contributed by atoms with Gasteiger partial charge in [-0.15, -0.1) is 0 Å². The number of ether oxygens (including phenoxy) is 4. The summed E-state index contributed by atoms with van der Waals surface area (Å²) in [6.07, 6.45) is 1.19. The fourth-order valence-electron chi connectivity index (χ4n) is 4.14. The van der Waals surface area contributed by atoms with Crippen LogP contribution in [0.15, 0.2) is 36.4 Å². The molecule has 2 aromatic carbocycles. The highest BCUT2D eigenvalue weighted by Crippen LogP contribution is 2.44. The summed E-state index contributed by atoms with van der Waals surface area (Å²) in [5.74, 6) is 1.66. The van der Waals surface area contributed by atoms with E-state index in [2.05, 4.69) is 4.90 Å². The molecule has 1 aliphatic rings. The summed E-state index contributed by atoms with van der Waals surface area (Å²) < 4.78 is 22.3. The van der Waals surface area contributed by atoms with Crippen molar-refractivity contribution in [3.63, 3.8) is 0 Å². The Labute approximate surface area is 177 Å². The maximum atomic E-state index is 11.4. The number of aliphatic carboxylic acids is 1. The number of hydrogen-bond donors (Lipinski definition) is 1. The number of para-hydroxylation sites is 1. The second kappa shape index (κ2) is 9.71. The number of carboxylic acids is 1. The molecule has 0 amide bonds. The van der Waals surface area contributed by atoms with Crippen LogP contribution < -0.4 is 18.9 Å². The Morgan fingerprint density at radius 2 is 1.63 bits per heavy atom. The van der Waals surface area contributed by atoms with Crippen LogP contribution in [-0.4, -0.2) is 57.5 Å². The number of likely N-dealkylation sites (tertiary alicyclic amines) is 1. The Bertz CT molecular complexity index is 876. The molecule has 1 aliphatic heterocycles. The minimum Gasteiger partial charge on any atom is -0.497 e. The van der Waals surface area contributed by atoms with Crippen LogP contribution in [0.1, 0.15) is 30.0 Å². The van der Waals surface area contributed by atoms with Crippen LogP contribution in [0.4, 0.5) is 0 Å². The van der Waals surface area contributed by atoms with Crippen LogP contribution in [-0.2, 0) is 4.79 Å². The van der Waals surface area contributed by atoms with Gasteiger partial charge in [-0.3, -0.25) is 9.69 Å². The highest BCUT2D eigenvalue weighted by molar-refractivity contribution is 5.70. The second-order valence-electron chi connectivity index (χ2n) is 7.24. The van der Waals surface area contributed by atoms with Gasteiger partial charge in [0.05, 0.1) is 40.4 Å². The van der Waals surface area contributed by atoms with Crippen molar-refractivity contribution in [3.05, 3.63) is 47.5 Å². The SMILES string of the molecule is COc1ccc(C(c2cccc(OC)c2OC)N2CCC(C(=O)O)CC2)c(OC)c1. The maximum absolute atomic E-state index is 11.4. The molecular formula is C23H29NO6.